The van der Waals surface area contributed by atoms with E-state index < -0.39 is 0 Å². The fourth-order valence-corrected chi connectivity index (χ4v) is 3.24. The van der Waals surface area contributed by atoms with Crippen molar-refractivity contribution in [3.63, 3.8) is 0 Å². The average Bonchev–Trinajstić information content (AvgIpc) is 2.95. The van der Waals surface area contributed by atoms with Gasteiger partial charge < -0.3 is 5.73 Å². The predicted octanol–water partition coefficient (Wildman–Crippen LogP) is 2.87. The van der Waals surface area contributed by atoms with Gasteiger partial charge in [-0.25, -0.2) is 15.0 Å². The Kier molecular flexibility index (Phi) is 3.89. The molecule has 2 heterocycles. The van der Waals surface area contributed by atoms with Crippen LogP contribution in [0.25, 0.3) is 11.3 Å². The van der Waals surface area contributed by atoms with E-state index >= 15 is 0 Å². The smallest absolute Gasteiger partial charge is 0.223 e. The monoisotopic (exact) mass is 301 g/mol. The maximum Gasteiger partial charge on any atom is 0.223 e. The van der Waals surface area contributed by atoms with E-state index in [-0.39, 0.29) is 5.95 Å². The van der Waals surface area contributed by atoms with Crippen LogP contribution < -0.4 is 5.73 Å². The van der Waals surface area contributed by atoms with Crippen LogP contribution in [0.5, 0.6) is 0 Å². The van der Waals surface area contributed by atoms with E-state index in [1.807, 2.05) is 18.2 Å². The van der Waals surface area contributed by atoms with Crippen molar-refractivity contribution in [2.75, 3.05) is 5.73 Å². The van der Waals surface area contributed by atoms with Gasteiger partial charge in [-0.2, -0.15) is 4.98 Å². The molecule has 0 aliphatic carbocycles. The van der Waals surface area contributed by atoms with Crippen molar-refractivity contribution >= 4 is 29.0 Å². The minimum absolute atomic E-state index is 0.242. The van der Waals surface area contributed by atoms with E-state index in [0.29, 0.717) is 5.16 Å². The lowest BCUT2D eigenvalue weighted by Gasteiger charge is -1.97. The number of hydrogen-bond acceptors (Lipinski definition) is 7. The fourth-order valence-electron chi connectivity index (χ4n) is 1.61. The molecule has 0 unspecified atom stereocenters. The highest BCUT2D eigenvalue weighted by Gasteiger charge is 2.06. The highest BCUT2D eigenvalue weighted by Crippen LogP contribution is 2.26. The van der Waals surface area contributed by atoms with E-state index in [4.69, 9.17) is 5.73 Å². The summed E-state index contributed by atoms with van der Waals surface area (Å²) in [5, 5.41) is 3.72. The highest BCUT2D eigenvalue weighted by molar-refractivity contribution is 7.98. The third kappa shape index (κ3) is 3.12. The Morgan fingerprint density at radius 1 is 1.10 bits per heavy atom. The van der Waals surface area contributed by atoms with Crippen LogP contribution in [-0.2, 0) is 5.75 Å². The minimum Gasteiger partial charge on any atom is -0.368 e. The Labute approximate surface area is 124 Å². The zero-order chi connectivity index (χ0) is 13.8. The molecule has 0 atom stereocenters. The summed E-state index contributed by atoms with van der Waals surface area (Å²) in [6.45, 7) is 0. The third-order valence-corrected chi connectivity index (χ3v) is 4.42. The van der Waals surface area contributed by atoms with Crippen LogP contribution in [-0.4, -0.2) is 19.9 Å². The standard InChI is InChI=1S/C13H11N5S2/c14-12-15-8-16-13(18-12)20-7-11-17-10(6-19-11)9-4-2-1-3-5-9/h1-6,8H,7H2,(H2,14,15,16,18). The lowest BCUT2D eigenvalue weighted by atomic mass is 10.2. The van der Waals surface area contributed by atoms with Gasteiger partial charge in [0.05, 0.1) is 11.4 Å². The molecular weight excluding hydrogens is 290 g/mol. The van der Waals surface area contributed by atoms with Gasteiger partial charge in [-0.3, -0.25) is 0 Å². The second-order valence-electron chi connectivity index (χ2n) is 3.91. The summed E-state index contributed by atoms with van der Waals surface area (Å²) < 4.78 is 0. The van der Waals surface area contributed by atoms with E-state index in [9.17, 15) is 0 Å². The molecule has 2 N–H and O–H groups in total. The molecule has 0 saturated carbocycles. The van der Waals surface area contributed by atoms with Gasteiger partial charge in [-0.15, -0.1) is 11.3 Å². The van der Waals surface area contributed by atoms with Gasteiger partial charge in [0.1, 0.15) is 11.3 Å². The van der Waals surface area contributed by atoms with Crippen molar-refractivity contribution in [3.05, 3.63) is 47.0 Å². The van der Waals surface area contributed by atoms with Crippen LogP contribution in [0.3, 0.4) is 0 Å². The molecule has 3 rings (SSSR count). The predicted molar refractivity (Wildman–Crippen MR) is 81.4 cm³/mol. The van der Waals surface area contributed by atoms with Gasteiger partial charge in [0, 0.05) is 10.9 Å². The summed E-state index contributed by atoms with van der Waals surface area (Å²) >= 11 is 3.14. The van der Waals surface area contributed by atoms with Crippen molar-refractivity contribution in [2.24, 2.45) is 0 Å². The number of thioether (sulfide) groups is 1. The molecule has 2 aromatic heterocycles. The number of rotatable bonds is 4. The maximum atomic E-state index is 5.52. The molecule has 0 bridgehead atoms. The van der Waals surface area contributed by atoms with Crippen LogP contribution >= 0.6 is 23.1 Å². The lowest BCUT2D eigenvalue weighted by Crippen LogP contribution is -1.97. The molecule has 0 fully saturated rings. The van der Waals surface area contributed by atoms with Gasteiger partial charge in [-0.05, 0) is 0 Å². The van der Waals surface area contributed by atoms with Crippen molar-refractivity contribution < 1.29 is 0 Å². The average molecular weight is 301 g/mol. The Morgan fingerprint density at radius 2 is 1.95 bits per heavy atom. The quantitative estimate of drug-likeness (QED) is 0.747. The number of nitrogens with zero attached hydrogens (tertiary/aromatic N) is 4. The summed E-state index contributed by atoms with van der Waals surface area (Å²) in [5.74, 6) is 0.965. The molecule has 5 nitrogen and oxygen atoms in total. The Hall–Kier alpha value is -1.99. The molecule has 0 spiro atoms. The zero-order valence-corrected chi connectivity index (χ0v) is 12.1. The van der Waals surface area contributed by atoms with E-state index in [2.05, 4.69) is 37.4 Å². The molecule has 7 heteroatoms. The number of anilines is 1. The largest absolute Gasteiger partial charge is 0.368 e. The highest BCUT2D eigenvalue weighted by atomic mass is 32.2. The lowest BCUT2D eigenvalue weighted by molar-refractivity contribution is 0.915. The summed E-state index contributed by atoms with van der Waals surface area (Å²) in [7, 11) is 0. The SMILES string of the molecule is Nc1ncnc(SCc2nc(-c3ccccc3)cs2)n1. The fraction of sp³-hybridized carbons (Fsp3) is 0.0769. The molecule has 0 aliphatic heterocycles. The molecular formula is C13H11N5S2. The number of thiazole rings is 1. The van der Waals surface area contributed by atoms with Crippen LogP contribution in [0.1, 0.15) is 5.01 Å². The summed E-state index contributed by atoms with van der Waals surface area (Å²) in [4.78, 5) is 16.5. The van der Waals surface area contributed by atoms with Gasteiger partial charge in [-0.1, -0.05) is 42.1 Å². The van der Waals surface area contributed by atoms with Gasteiger partial charge in [0.15, 0.2) is 5.16 Å². The number of nitrogens with two attached hydrogens (primary N) is 1. The summed E-state index contributed by atoms with van der Waals surface area (Å²) in [6.07, 6.45) is 1.42. The first kappa shape index (κ1) is 13.0. The second-order valence-corrected chi connectivity index (χ2v) is 5.79. The number of aromatic nitrogens is 4. The second kappa shape index (κ2) is 5.98. The molecule has 20 heavy (non-hydrogen) atoms. The summed E-state index contributed by atoms with van der Waals surface area (Å²) in [5.41, 5.74) is 7.65. The van der Waals surface area contributed by atoms with E-state index in [0.717, 1.165) is 22.0 Å². The zero-order valence-electron chi connectivity index (χ0n) is 10.4. The van der Waals surface area contributed by atoms with Crippen molar-refractivity contribution in [1.82, 2.24) is 19.9 Å². The van der Waals surface area contributed by atoms with Crippen molar-refractivity contribution in [1.29, 1.82) is 0 Å². The number of hydrogen-bond donors (Lipinski definition) is 1. The van der Waals surface area contributed by atoms with Gasteiger partial charge in [0.25, 0.3) is 0 Å². The Balaban J connectivity index is 1.69. The molecule has 0 radical (unpaired) electrons. The van der Waals surface area contributed by atoms with Gasteiger partial charge >= 0.3 is 0 Å². The van der Waals surface area contributed by atoms with Crippen LogP contribution in [0.2, 0.25) is 0 Å². The van der Waals surface area contributed by atoms with Crippen molar-refractivity contribution in [2.45, 2.75) is 10.9 Å². The molecule has 0 amide bonds. The van der Waals surface area contributed by atoms with E-state index in [1.165, 1.54) is 18.1 Å². The molecule has 1 aromatic carbocycles. The molecule has 0 saturated heterocycles. The van der Waals surface area contributed by atoms with Crippen LogP contribution in [0, 0.1) is 0 Å². The Bertz CT molecular complexity index is 699. The molecule has 0 aliphatic rings. The number of benzene rings is 1. The molecule has 3 aromatic rings. The first-order valence-electron chi connectivity index (χ1n) is 5.88. The summed E-state index contributed by atoms with van der Waals surface area (Å²) in [6, 6.07) is 10.1. The van der Waals surface area contributed by atoms with E-state index in [1.54, 1.807) is 11.3 Å². The first-order valence-corrected chi connectivity index (χ1v) is 7.75. The maximum absolute atomic E-state index is 5.52. The topological polar surface area (TPSA) is 77.6 Å². The Morgan fingerprint density at radius 3 is 2.75 bits per heavy atom. The van der Waals surface area contributed by atoms with Crippen molar-refractivity contribution in [3.8, 4) is 11.3 Å². The third-order valence-electron chi connectivity index (χ3n) is 2.51. The van der Waals surface area contributed by atoms with Gasteiger partial charge in [0.2, 0.25) is 5.95 Å². The van der Waals surface area contributed by atoms with Crippen LogP contribution in [0.15, 0.2) is 47.2 Å². The first-order chi connectivity index (χ1) is 9.81. The molecule has 100 valence electrons. The minimum atomic E-state index is 0.242. The normalized spacial score (nSPS) is 10.6. The number of nitrogen functional groups attached to an aromatic ring is 1. The van der Waals surface area contributed by atoms with Crippen LogP contribution in [0.4, 0.5) is 5.95 Å².